The summed E-state index contributed by atoms with van der Waals surface area (Å²) in [4.78, 5) is 4.65. The van der Waals surface area contributed by atoms with Gasteiger partial charge in [-0.25, -0.2) is 4.98 Å². The van der Waals surface area contributed by atoms with Crippen LogP contribution in [0.5, 0.6) is 0 Å². The maximum atomic E-state index is 4.65. The minimum Gasteiger partial charge on any atom is -0.306 e. The van der Waals surface area contributed by atoms with Gasteiger partial charge >= 0.3 is 0 Å². The fraction of sp³-hybridized carbons (Fsp3) is 0. The molecule has 110 valence electrons. The average molecular weight is 296 g/mol. The lowest BCUT2D eigenvalue weighted by Crippen LogP contribution is -1.78. The maximum absolute atomic E-state index is 4.65. The second-order valence-electron chi connectivity index (χ2n) is 5.46. The predicted molar refractivity (Wildman–Crippen MR) is 96.0 cm³/mol. The monoisotopic (exact) mass is 296 g/mol. The van der Waals surface area contributed by atoms with E-state index in [2.05, 4.69) is 59.7 Å². The predicted octanol–water partition coefficient (Wildman–Crippen LogP) is 5.17. The molecule has 2 aromatic carbocycles. The molecule has 0 aliphatic carbocycles. The molecule has 4 rings (SSSR count). The highest BCUT2D eigenvalue weighted by molar-refractivity contribution is 5.71. The summed E-state index contributed by atoms with van der Waals surface area (Å²) in [5, 5.41) is 0. The lowest BCUT2D eigenvalue weighted by atomic mass is 10.1. The number of pyridine rings is 1. The van der Waals surface area contributed by atoms with Gasteiger partial charge in [-0.05, 0) is 23.3 Å². The topological polar surface area (TPSA) is 17.3 Å². The van der Waals surface area contributed by atoms with Crippen molar-refractivity contribution in [2.45, 2.75) is 0 Å². The van der Waals surface area contributed by atoms with Gasteiger partial charge in [-0.15, -0.1) is 0 Å². The largest absolute Gasteiger partial charge is 0.306 e. The van der Waals surface area contributed by atoms with Crippen LogP contribution in [-0.2, 0) is 0 Å². The molecule has 0 radical (unpaired) electrons. The zero-order valence-electron chi connectivity index (χ0n) is 12.6. The van der Waals surface area contributed by atoms with Crippen molar-refractivity contribution >= 4 is 17.8 Å². The summed E-state index contributed by atoms with van der Waals surface area (Å²) >= 11 is 0. The van der Waals surface area contributed by atoms with E-state index in [-0.39, 0.29) is 0 Å². The summed E-state index contributed by atoms with van der Waals surface area (Å²) in [6.07, 6.45) is 8.33. The summed E-state index contributed by atoms with van der Waals surface area (Å²) in [5.74, 6) is 0. The van der Waals surface area contributed by atoms with Crippen molar-refractivity contribution in [3.8, 4) is 11.3 Å². The van der Waals surface area contributed by atoms with E-state index in [1.54, 1.807) is 0 Å². The van der Waals surface area contributed by atoms with Crippen molar-refractivity contribution in [3.63, 3.8) is 0 Å². The Morgan fingerprint density at radius 2 is 1.39 bits per heavy atom. The van der Waals surface area contributed by atoms with Crippen LogP contribution in [-0.4, -0.2) is 9.38 Å². The molecule has 0 fully saturated rings. The average Bonchev–Trinajstić information content (AvgIpc) is 3.05. The summed E-state index contributed by atoms with van der Waals surface area (Å²) in [6.45, 7) is 0. The molecule has 0 spiro atoms. The molecule has 0 N–H and O–H groups in total. The molecule has 0 saturated carbocycles. The van der Waals surface area contributed by atoms with Gasteiger partial charge in [0.2, 0.25) is 0 Å². The molecule has 0 saturated heterocycles. The van der Waals surface area contributed by atoms with E-state index < -0.39 is 0 Å². The van der Waals surface area contributed by atoms with Crippen molar-refractivity contribution in [2.75, 3.05) is 0 Å². The van der Waals surface area contributed by atoms with Gasteiger partial charge in [-0.2, -0.15) is 0 Å². The highest BCUT2D eigenvalue weighted by atomic mass is 15.0. The smallest absolute Gasteiger partial charge is 0.137 e. The molecule has 2 nitrogen and oxygen atoms in total. The van der Waals surface area contributed by atoms with Crippen LogP contribution in [0, 0.1) is 0 Å². The van der Waals surface area contributed by atoms with Crippen LogP contribution in [0.15, 0.2) is 85.2 Å². The SMILES string of the molecule is C(=Cc1ccc(-c2cn3ccccc3n2)cc1)c1ccccc1. The van der Waals surface area contributed by atoms with Crippen molar-refractivity contribution in [1.29, 1.82) is 0 Å². The third-order valence-electron chi connectivity index (χ3n) is 3.84. The molecule has 2 aromatic heterocycles. The molecule has 0 amide bonds. The van der Waals surface area contributed by atoms with Gasteiger partial charge in [0.1, 0.15) is 5.65 Å². The fourth-order valence-electron chi connectivity index (χ4n) is 2.60. The molecule has 0 unspecified atom stereocenters. The first kappa shape index (κ1) is 13.5. The maximum Gasteiger partial charge on any atom is 0.137 e. The minimum atomic E-state index is 0.968. The summed E-state index contributed by atoms with van der Waals surface area (Å²) in [7, 11) is 0. The van der Waals surface area contributed by atoms with Crippen LogP contribution in [0.2, 0.25) is 0 Å². The first-order valence-corrected chi connectivity index (χ1v) is 7.66. The van der Waals surface area contributed by atoms with Gasteiger partial charge in [-0.1, -0.05) is 72.8 Å². The molecule has 0 bridgehead atoms. The van der Waals surface area contributed by atoms with Gasteiger partial charge in [0, 0.05) is 18.0 Å². The van der Waals surface area contributed by atoms with Crippen molar-refractivity contribution in [1.82, 2.24) is 9.38 Å². The number of hydrogen-bond acceptors (Lipinski definition) is 1. The standard InChI is InChI=1S/C21H16N2/c1-2-6-17(7-3-1)9-10-18-11-13-19(14-12-18)20-16-23-15-5-4-8-21(23)22-20/h1-16H. The Kier molecular flexibility index (Phi) is 3.49. The number of imidazole rings is 1. The quantitative estimate of drug-likeness (QED) is 0.477. The first-order chi connectivity index (χ1) is 11.4. The normalized spacial score (nSPS) is 11.3. The Labute approximate surface area is 135 Å². The third kappa shape index (κ3) is 2.92. The lowest BCUT2D eigenvalue weighted by molar-refractivity contribution is 1.19. The van der Waals surface area contributed by atoms with Crippen molar-refractivity contribution in [2.24, 2.45) is 0 Å². The Morgan fingerprint density at radius 1 is 0.696 bits per heavy atom. The van der Waals surface area contributed by atoms with E-state index in [9.17, 15) is 0 Å². The minimum absolute atomic E-state index is 0.968. The zero-order chi connectivity index (χ0) is 15.5. The Bertz CT molecular complexity index is 915. The number of fused-ring (bicyclic) bond motifs is 1. The Morgan fingerprint density at radius 3 is 2.13 bits per heavy atom. The fourth-order valence-corrected chi connectivity index (χ4v) is 2.60. The van der Waals surface area contributed by atoms with Gasteiger partial charge < -0.3 is 4.40 Å². The van der Waals surface area contributed by atoms with Crippen LogP contribution in [0.3, 0.4) is 0 Å². The van der Waals surface area contributed by atoms with Crippen molar-refractivity contribution < 1.29 is 0 Å². The second-order valence-corrected chi connectivity index (χ2v) is 5.46. The lowest BCUT2D eigenvalue weighted by Gasteiger charge is -1.98. The van der Waals surface area contributed by atoms with E-state index in [1.807, 2.05) is 47.0 Å². The van der Waals surface area contributed by atoms with Crippen LogP contribution in [0.25, 0.3) is 29.1 Å². The summed E-state index contributed by atoms with van der Waals surface area (Å²) < 4.78 is 2.04. The summed E-state index contributed by atoms with van der Waals surface area (Å²) in [6, 6.07) is 24.8. The molecule has 0 aliphatic rings. The number of hydrogen-bond donors (Lipinski definition) is 0. The van der Waals surface area contributed by atoms with E-state index in [1.165, 1.54) is 11.1 Å². The zero-order valence-corrected chi connectivity index (χ0v) is 12.6. The van der Waals surface area contributed by atoms with E-state index in [0.717, 1.165) is 16.9 Å². The molecule has 23 heavy (non-hydrogen) atoms. The molecule has 2 heterocycles. The van der Waals surface area contributed by atoms with E-state index in [4.69, 9.17) is 0 Å². The number of nitrogens with zero attached hydrogens (tertiary/aromatic N) is 2. The second kappa shape index (κ2) is 5.93. The summed E-state index contributed by atoms with van der Waals surface area (Å²) in [5.41, 5.74) is 5.48. The Hall–Kier alpha value is -3.13. The molecular formula is C21H16N2. The highest BCUT2D eigenvalue weighted by Gasteiger charge is 2.03. The van der Waals surface area contributed by atoms with Crippen LogP contribution < -0.4 is 0 Å². The van der Waals surface area contributed by atoms with Crippen LogP contribution in [0.1, 0.15) is 11.1 Å². The number of aromatic nitrogens is 2. The van der Waals surface area contributed by atoms with Gasteiger partial charge in [0.15, 0.2) is 0 Å². The molecule has 2 heteroatoms. The van der Waals surface area contributed by atoms with Gasteiger partial charge in [0.05, 0.1) is 5.69 Å². The Balaban J connectivity index is 1.59. The molecule has 0 aliphatic heterocycles. The first-order valence-electron chi connectivity index (χ1n) is 7.66. The van der Waals surface area contributed by atoms with Crippen LogP contribution >= 0.6 is 0 Å². The van der Waals surface area contributed by atoms with Gasteiger partial charge in [-0.3, -0.25) is 0 Å². The van der Waals surface area contributed by atoms with E-state index in [0.29, 0.717) is 0 Å². The van der Waals surface area contributed by atoms with Crippen molar-refractivity contribution in [3.05, 3.63) is 96.3 Å². The van der Waals surface area contributed by atoms with Crippen LogP contribution in [0.4, 0.5) is 0 Å². The number of rotatable bonds is 3. The van der Waals surface area contributed by atoms with Gasteiger partial charge in [0.25, 0.3) is 0 Å². The molecular weight excluding hydrogens is 280 g/mol. The number of benzene rings is 2. The third-order valence-corrected chi connectivity index (χ3v) is 3.84. The van der Waals surface area contributed by atoms with E-state index >= 15 is 0 Å². The molecule has 0 atom stereocenters. The highest BCUT2D eigenvalue weighted by Crippen LogP contribution is 2.20. The molecule has 4 aromatic rings.